The van der Waals surface area contributed by atoms with Gasteiger partial charge < -0.3 is 5.32 Å². The normalized spacial score (nSPS) is 15.9. The van der Waals surface area contributed by atoms with Gasteiger partial charge in [0.2, 0.25) is 0 Å². The van der Waals surface area contributed by atoms with Crippen molar-refractivity contribution in [1.82, 2.24) is 10.3 Å². The molecule has 3 heteroatoms. The minimum absolute atomic E-state index is 0.567. The van der Waals surface area contributed by atoms with Crippen LogP contribution in [0.4, 0.5) is 0 Å². The Balaban J connectivity index is 1.62. The van der Waals surface area contributed by atoms with E-state index in [-0.39, 0.29) is 0 Å². The molecule has 0 radical (unpaired) electrons. The third-order valence-corrected chi connectivity index (χ3v) is 4.51. The molecule has 1 unspecified atom stereocenters. The van der Waals surface area contributed by atoms with E-state index in [2.05, 4.69) is 68.7 Å². The summed E-state index contributed by atoms with van der Waals surface area (Å²) in [6, 6.07) is 15.8. The molecule has 1 heterocycles. The van der Waals surface area contributed by atoms with E-state index in [1.54, 1.807) is 0 Å². The maximum Gasteiger partial charge on any atom is 0.0413 e. The van der Waals surface area contributed by atoms with Crippen molar-refractivity contribution in [2.45, 2.75) is 37.6 Å². The standard InChI is InChI=1S/C18H21BrN2/c19-16-7-9-17(21-13-16)8-6-15(12-20-18-10-11-18)14-4-2-1-3-5-14/h1-5,7,9,13,15,18,20H,6,8,10-12H2. The van der Waals surface area contributed by atoms with Gasteiger partial charge >= 0.3 is 0 Å². The fraction of sp³-hybridized carbons (Fsp3) is 0.389. The lowest BCUT2D eigenvalue weighted by molar-refractivity contribution is 0.545. The zero-order valence-electron chi connectivity index (χ0n) is 12.1. The second-order valence-corrected chi connectivity index (χ2v) is 6.71. The Kier molecular flexibility index (Phi) is 5.04. The predicted molar refractivity (Wildman–Crippen MR) is 90.5 cm³/mol. The van der Waals surface area contributed by atoms with E-state index in [9.17, 15) is 0 Å². The highest BCUT2D eigenvalue weighted by Crippen LogP contribution is 2.24. The zero-order chi connectivity index (χ0) is 14.5. The summed E-state index contributed by atoms with van der Waals surface area (Å²) in [7, 11) is 0. The summed E-state index contributed by atoms with van der Waals surface area (Å²) in [5, 5.41) is 3.67. The Morgan fingerprint density at radius 3 is 2.62 bits per heavy atom. The number of aryl methyl sites for hydroxylation is 1. The maximum absolute atomic E-state index is 4.48. The van der Waals surface area contributed by atoms with Crippen LogP contribution >= 0.6 is 15.9 Å². The second-order valence-electron chi connectivity index (χ2n) is 5.80. The number of pyridine rings is 1. The fourth-order valence-corrected chi connectivity index (χ4v) is 2.82. The zero-order valence-corrected chi connectivity index (χ0v) is 13.7. The summed E-state index contributed by atoms with van der Waals surface area (Å²) in [5.74, 6) is 0.567. The number of nitrogens with one attached hydrogen (secondary N) is 1. The molecule has 1 atom stereocenters. The molecule has 0 bridgehead atoms. The minimum Gasteiger partial charge on any atom is -0.313 e. The van der Waals surface area contributed by atoms with Gasteiger partial charge in [-0.05, 0) is 65.2 Å². The van der Waals surface area contributed by atoms with E-state index in [1.807, 2.05) is 6.20 Å². The first-order chi connectivity index (χ1) is 10.3. The molecule has 21 heavy (non-hydrogen) atoms. The molecule has 2 nitrogen and oxygen atoms in total. The first-order valence-electron chi connectivity index (χ1n) is 7.70. The molecule has 2 aromatic rings. The SMILES string of the molecule is Brc1ccc(CCC(CNC2CC2)c2ccccc2)nc1. The van der Waals surface area contributed by atoms with Crippen LogP contribution in [-0.4, -0.2) is 17.6 Å². The van der Waals surface area contributed by atoms with Crippen molar-refractivity contribution >= 4 is 15.9 Å². The van der Waals surface area contributed by atoms with Crippen LogP contribution in [0.1, 0.15) is 36.4 Å². The number of aromatic nitrogens is 1. The van der Waals surface area contributed by atoms with E-state index in [0.29, 0.717) is 5.92 Å². The van der Waals surface area contributed by atoms with Gasteiger partial charge in [0.05, 0.1) is 0 Å². The molecule has 1 N–H and O–H groups in total. The molecular formula is C18H21BrN2. The van der Waals surface area contributed by atoms with E-state index >= 15 is 0 Å². The van der Waals surface area contributed by atoms with Gasteiger partial charge in [-0.15, -0.1) is 0 Å². The van der Waals surface area contributed by atoms with Gasteiger partial charge in [-0.2, -0.15) is 0 Å². The van der Waals surface area contributed by atoms with Gasteiger partial charge in [0, 0.05) is 29.0 Å². The summed E-state index contributed by atoms with van der Waals surface area (Å²) in [6.45, 7) is 1.07. The van der Waals surface area contributed by atoms with Gasteiger partial charge in [-0.3, -0.25) is 4.98 Å². The largest absolute Gasteiger partial charge is 0.313 e. The summed E-state index contributed by atoms with van der Waals surface area (Å²) in [5.41, 5.74) is 2.60. The molecule has 0 amide bonds. The monoisotopic (exact) mass is 344 g/mol. The van der Waals surface area contributed by atoms with Crippen molar-refractivity contribution in [2.24, 2.45) is 0 Å². The highest BCUT2D eigenvalue weighted by molar-refractivity contribution is 9.10. The Hall–Kier alpha value is -1.19. The van der Waals surface area contributed by atoms with Crippen LogP contribution in [0.5, 0.6) is 0 Å². The van der Waals surface area contributed by atoms with Crippen LogP contribution in [0.15, 0.2) is 53.1 Å². The van der Waals surface area contributed by atoms with Crippen molar-refractivity contribution in [3.8, 4) is 0 Å². The molecule has 1 aliphatic carbocycles. The Morgan fingerprint density at radius 1 is 1.14 bits per heavy atom. The van der Waals surface area contributed by atoms with Crippen LogP contribution in [-0.2, 0) is 6.42 Å². The number of hydrogen-bond donors (Lipinski definition) is 1. The third-order valence-electron chi connectivity index (χ3n) is 4.04. The molecule has 3 rings (SSSR count). The average Bonchev–Trinajstić information content (AvgIpc) is 3.34. The van der Waals surface area contributed by atoms with Crippen molar-refractivity contribution in [3.63, 3.8) is 0 Å². The molecule has 110 valence electrons. The van der Waals surface area contributed by atoms with E-state index < -0.39 is 0 Å². The van der Waals surface area contributed by atoms with Crippen LogP contribution in [0.3, 0.4) is 0 Å². The van der Waals surface area contributed by atoms with Gasteiger partial charge in [-0.1, -0.05) is 30.3 Å². The Bertz CT molecular complexity index is 549. The molecule has 1 aliphatic rings. The molecule has 1 fully saturated rings. The predicted octanol–water partition coefficient (Wildman–Crippen LogP) is 4.31. The molecule has 0 aliphatic heterocycles. The van der Waals surface area contributed by atoms with Crippen LogP contribution in [0, 0.1) is 0 Å². The van der Waals surface area contributed by atoms with Gasteiger partial charge in [0.1, 0.15) is 0 Å². The number of hydrogen-bond acceptors (Lipinski definition) is 2. The first kappa shape index (κ1) is 14.7. The fourth-order valence-electron chi connectivity index (χ4n) is 2.58. The molecule has 0 saturated heterocycles. The van der Waals surface area contributed by atoms with E-state index in [4.69, 9.17) is 0 Å². The number of benzene rings is 1. The minimum atomic E-state index is 0.567. The summed E-state index contributed by atoms with van der Waals surface area (Å²) in [4.78, 5) is 4.48. The lowest BCUT2D eigenvalue weighted by Gasteiger charge is -2.18. The molecule has 0 spiro atoms. The topological polar surface area (TPSA) is 24.9 Å². The van der Waals surface area contributed by atoms with Crippen molar-refractivity contribution < 1.29 is 0 Å². The van der Waals surface area contributed by atoms with Crippen molar-refractivity contribution in [2.75, 3.05) is 6.54 Å². The highest BCUT2D eigenvalue weighted by Gasteiger charge is 2.22. The molecule has 1 saturated carbocycles. The summed E-state index contributed by atoms with van der Waals surface area (Å²) < 4.78 is 1.04. The smallest absolute Gasteiger partial charge is 0.0413 e. The van der Waals surface area contributed by atoms with Gasteiger partial charge in [0.25, 0.3) is 0 Å². The lowest BCUT2D eigenvalue weighted by Crippen LogP contribution is -2.24. The maximum atomic E-state index is 4.48. The van der Waals surface area contributed by atoms with Crippen LogP contribution < -0.4 is 5.32 Å². The average molecular weight is 345 g/mol. The highest BCUT2D eigenvalue weighted by atomic mass is 79.9. The number of nitrogens with zero attached hydrogens (tertiary/aromatic N) is 1. The molecule has 1 aromatic heterocycles. The lowest BCUT2D eigenvalue weighted by atomic mass is 9.93. The van der Waals surface area contributed by atoms with E-state index in [1.165, 1.54) is 24.1 Å². The third kappa shape index (κ3) is 4.65. The molecule has 1 aromatic carbocycles. The van der Waals surface area contributed by atoms with Gasteiger partial charge in [-0.25, -0.2) is 0 Å². The summed E-state index contributed by atoms with van der Waals surface area (Å²) >= 11 is 3.44. The molecular weight excluding hydrogens is 324 g/mol. The van der Waals surface area contributed by atoms with Crippen molar-refractivity contribution in [3.05, 3.63) is 64.4 Å². The quantitative estimate of drug-likeness (QED) is 0.809. The number of halogens is 1. The van der Waals surface area contributed by atoms with Gasteiger partial charge in [0.15, 0.2) is 0 Å². The second kappa shape index (κ2) is 7.19. The van der Waals surface area contributed by atoms with Crippen LogP contribution in [0.2, 0.25) is 0 Å². The van der Waals surface area contributed by atoms with E-state index in [0.717, 1.165) is 29.9 Å². The van der Waals surface area contributed by atoms with Crippen LogP contribution in [0.25, 0.3) is 0 Å². The Labute approximate surface area is 135 Å². The summed E-state index contributed by atoms with van der Waals surface area (Å²) in [6.07, 6.45) is 6.73. The first-order valence-corrected chi connectivity index (χ1v) is 8.49. The van der Waals surface area contributed by atoms with Crippen molar-refractivity contribution in [1.29, 1.82) is 0 Å². The Morgan fingerprint density at radius 2 is 1.95 bits per heavy atom. The number of rotatable bonds is 7.